The number of rotatable bonds is 6. The van der Waals surface area contributed by atoms with E-state index in [4.69, 9.17) is 4.74 Å². The van der Waals surface area contributed by atoms with Crippen LogP contribution in [0.1, 0.15) is 33.9 Å². The van der Waals surface area contributed by atoms with E-state index in [1.807, 2.05) is 42.1 Å². The summed E-state index contributed by atoms with van der Waals surface area (Å²) in [6.07, 6.45) is 3.48. The van der Waals surface area contributed by atoms with E-state index in [0.29, 0.717) is 23.1 Å². The molecular weight excluding hydrogens is 399 g/mol. The first-order chi connectivity index (χ1) is 15.0. The van der Waals surface area contributed by atoms with Gasteiger partial charge in [-0.2, -0.15) is 0 Å². The Kier molecular flexibility index (Phi) is 5.48. The maximum Gasteiger partial charge on any atom is 0.291 e. The van der Waals surface area contributed by atoms with Gasteiger partial charge in [-0.1, -0.05) is 12.1 Å². The largest absolute Gasteiger partial charge is 0.497 e. The average molecular weight is 420 g/mol. The molecule has 0 aliphatic carbocycles. The summed E-state index contributed by atoms with van der Waals surface area (Å²) in [4.78, 5) is 21.7. The zero-order valence-corrected chi connectivity index (χ0v) is 17.3. The van der Waals surface area contributed by atoms with Crippen molar-refractivity contribution in [3.8, 4) is 11.4 Å². The van der Waals surface area contributed by atoms with Crippen LogP contribution >= 0.6 is 0 Å². The van der Waals surface area contributed by atoms with E-state index in [9.17, 15) is 9.18 Å². The Hall–Kier alpha value is -4.01. The number of nitrogens with one attached hydrogen (secondary N) is 1. The highest BCUT2D eigenvalue weighted by Crippen LogP contribution is 2.23. The molecule has 2 aromatic carbocycles. The topological polar surface area (TPSA) is 86.9 Å². The normalized spacial score (nSPS) is 11.9. The van der Waals surface area contributed by atoms with Crippen LogP contribution in [0.3, 0.4) is 0 Å². The number of hydrogen-bond acceptors (Lipinski definition) is 5. The monoisotopic (exact) mass is 420 g/mol. The summed E-state index contributed by atoms with van der Waals surface area (Å²) in [6.45, 7) is 1.73. The van der Waals surface area contributed by atoms with Crippen molar-refractivity contribution in [2.24, 2.45) is 7.05 Å². The molecule has 1 atom stereocenters. The van der Waals surface area contributed by atoms with Crippen molar-refractivity contribution < 1.29 is 13.9 Å². The molecule has 0 saturated carbocycles. The van der Waals surface area contributed by atoms with Gasteiger partial charge in [-0.15, -0.1) is 5.10 Å². The molecule has 31 heavy (non-hydrogen) atoms. The molecular formula is C22H21FN6O2. The van der Waals surface area contributed by atoms with Crippen LogP contribution in [0.2, 0.25) is 0 Å². The molecule has 1 amide bonds. The number of benzene rings is 2. The lowest BCUT2D eigenvalue weighted by Gasteiger charge is -2.18. The zero-order valence-electron chi connectivity index (χ0n) is 17.3. The summed E-state index contributed by atoms with van der Waals surface area (Å²) in [5.74, 6) is 1.09. The fourth-order valence-electron chi connectivity index (χ4n) is 3.26. The number of halogens is 1. The Balaban J connectivity index is 1.64. The molecule has 0 bridgehead atoms. The SMILES string of the molecule is COc1ccc([C@H](NC(=O)c2nc(C)n(-c3ccc(F)cc3)n2)c2nccn2C)cc1. The van der Waals surface area contributed by atoms with E-state index in [2.05, 4.69) is 20.4 Å². The maximum absolute atomic E-state index is 13.2. The van der Waals surface area contributed by atoms with E-state index >= 15 is 0 Å². The summed E-state index contributed by atoms with van der Waals surface area (Å²) in [6, 6.07) is 12.7. The number of aromatic nitrogens is 5. The van der Waals surface area contributed by atoms with Crippen molar-refractivity contribution >= 4 is 5.91 Å². The summed E-state index contributed by atoms with van der Waals surface area (Å²) in [5, 5.41) is 7.28. The van der Waals surface area contributed by atoms with Gasteiger partial charge in [-0.05, 0) is 48.9 Å². The lowest BCUT2D eigenvalue weighted by molar-refractivity contribution is 0.0930. The number of carbonyl (C=O) groups is 1. The van der Waals surface area contributed by atoms with Crippen LogP contribution in [0.15, 0.2) is 60.9 Å². The highest BCUT2D eigenvalue weighted by Gasteiger charge is 2.24. The molecule has 4 rings (SSSR count). The fourth-order valence-corrected chi connectivity index (χ4v) is 3.26. The highest BCUT2D eigenvalue weighted by molar-refractivity contribution is 5.91. The molecule has 0 aliphatic rings. The number of aryl methyl sites for hydroxylation is 2. The minimum absolute atomic E-state index is 0.00884. The van der Waals surface area contributed by atoms with Gasteiger partial charge in [0.15, 0.2) is 0 Å². The fraction of sp³-hybridized carbons (Fsp3) is 0.182. The first-order valence-corrected chi connectivity index (χ1v) is 9.58. The van der Waals surface area contributed by atoms with Gasteiger partial charge in [-0.3, -0.25) is 4.79 Å². The molecule has 2 aromatic heterocycles. The molecule has 0 fully saturated rings. The third-order valence-corrected chi connectivity index (χ3v) is 4.88. The van der Waals surface area contributed by atoms with Crippen LogP contribution in [0.4, 0.5) is 4.39 Å². The lowest BCUT2D eigenvalue weighted by atomic mass is 10.1. The number of ether oxygens (including phenoxy) is 1. The Morgan fingerprint density at radius 3 is 2.45 bits per heavy atom. The van der Waals surface area contributed by atoms with Gasteiger partial charge in [0.25, 0.3) is 5.91 Å². The Morgan fingerprint density at radius 1 is 1.13 bits per heavy atom. The number of hydrogen-bond donors (Lipinski definition) is 1. The molecule has 9 heteroatoms. The average Bonchev–Trinajstić information content (AvgIpc) is 3.38. The number of amides is 1. The smallest absolute Gasteiger partial charge is 0.291 e. The number of imidazole rings is 1. The molecule has 4 aromatic rings. The molecule has 0 radical (unpaired) electrons. The van der Waals surface area contributed by atoms with Gasteiger partial charge in [0.05, 0.1) is 12.8 Å². The standard InChI is InChI=1S/C22H21FN6O2/c1-14-25-20(27-29(14)17-8-6-16(23)7-9-17)22(30)26-19(21-24-12-13-28(21)2)15-4-10-18(31-3)11-5-15/h4-13,19H,1-3H3,(H,26,30)/t19-/m0/s1. The summed E-state index contributed by atoms with van der Waals surface area (Å²) in [5.41, 5.74) is 1.44. The molecule has 0 aliphatic heterocycles. The van der Waals surface area contributed by atoms with Crippen molar-refractivity contribution in [3.05, 3.63) is 89.8 Å². The quantitative estimate of drug-likeness (QED) is 0.518. The van der Waals surface area contributed by atoms with Crippen molar-refractivity contribution in [1.82, 2.24) is 29.6 Å². The number of nitrogens with zero attached hydrogens (tertiary/aromatic N) is 5. The third kappa shape index (κ3) is 4.16. The van der Waals surface area contributed by atoms with Crippen LogP contribution in [0, 0.1) is 12.7 Å². The van der Waals surface area contributed by atoms with E-state index in [1.54, 1.807) is 32.4 Å². The molecule has 0 spiro atoms. The van der Waals surface area contributed by atoms with Gasteiger partial charge < -0.3 is 14.6 Å². The van der Waals surface area contributed by atoms with Crippen LogP contribution in [-0.2, 0) is 7.05 Å². The van der Waals surface area contributed by atoms with Crippen molar-refractivity contribution in [3.63, 3.8) is 0 Å². The second kappa shape index (κ2) is 8.39. The van der Waals surface area contributed by atoms with Crippen LogP contribution in [0.25, 0.3) is 5.69 Å². The van der Waals surface area contributed by atoms with E-state index in [-0.39, 0.29) is 11.6 Å². The zero-order chi connectivity index (χ0) is 22.0. The molecule has 2 heterocycles. The predicted molar refractivity (Wildman–Crippen MR) is 112 cm³/mol. The third-order valence-electron chi connectivity index (χ3n) is 4.88. The number of methoxy groups -OCH3 is 1. The Morgan fingerprint density at radius 2 is 1.84 bits per heavy atom. The highest BCUT2D eigenvalue weighted by atomic mass is 19.1. The van der Waals surface area contributed by atoms with Gasteiger partial charge in [0, 0.05) is 19.4 Å². The van der Waals surface area contributed by atoms with Gasteiger partial charge in [0.1, 0.15) is 29.3 Å². The van der Waals surface area contributed by atoms with Crippen LogP contribution < -0.4 is 10.1 Å². The lowest BCUT2D eigenvalue weighted by Crippen LogP contribution is -2.32. The minimum atomic E-state index is -0.517. The van der Waals surface area contributed by atoms with Crippen molar-refractivity contribution in [1.29, 1.82) is 0 Å². The van der Waals surface area contributed by atoms with Gasteiger partial charge >= 0.3 is 0 Å². The molecule has 1 N–H and O–H groups in total. The molecule has 0 unspecified atom stereocenters. The second-order valence-electron chi connectivity index (χ2n) is 6.95. The molecule has 8 nitrogen and oxygen atoms in total. The van der Waals surface area contributed by atoms with Gasteiger partial charge in [-0.25, -0.2) is 19.0 Å². The minimum Gasteiger partial charge on any atom is -0.497 e. The Bertz CT molecular complexity index is 1200. The second-order valence-corrected chi connectivity index (χ2v) is 6.95. The summed E-state index contributed by atoms with van der Waals surface area (Å²) < 4.78 is 21.8. The molecule has 158 valence electrons. The van der Waals surface area contributed by atoms with Crippen molar-refractivity contribution in [2.45, 2.75) is 13.0 Å². The maximum atomic E-state index is 13.2. The van der Waals surface area contributed by atoms with E-state index < -0.39 is 11.9 Å². The van der Waals surface area contributed by atoms with Crippen LogP contribution in [-0.4, -0.2) is 37.3 Å². The van der Waals surface area contributed by atoms with E-state index in [1.165, 1.54) is 16.8 Å². The summed E-state index contributed by atoms with van der Waals surface area (Å²) in [7, 11) is 3.45. The van der Waals surface area contributed by atoms with Gasteiger partial charge in [0.2, 0.25) is 5.82 Å². The summed E-state index contributed by atoms with van der Waals surface area (Å²) >= 11 is 0. The van der Waals surface area contributed by atoms with E-state index in [0.717, 1.165) is 5.56 Å². The number of carbonyl (C=O) groups excluding carboxylic acids is 1. The van der Waals surface area contributed by atoms with Crippen molar-refractivity contribution in [2.75, 3.05) is 7.11 Å². The predicted octanol–water partition coefficient (Wildman–Crippen LogP) is 2.98. The van der Waals surface area contributed by atoms with Crippen LogP contribution in [0.5, 0.6) is 5.75 Å². The Labute approximate surface area is 178 Å². The molecule has 0 saturated heterocycles. The first-order valence-electron chi connectivity index (χ1n) is 9.58. The first kappa shape index (κ1) is 20.3.